The number of carbonyl (C=O) groups excluding carboxylic acids is 2. The van der Waals surface area contributed by atoms with Crippen molar-refractivity contribution < 1.29 is 27.5 Å². The number of para-hydroxylation sites is 1. The van der Waals surface area contributed by atoms with Gasteiger partial charge < -0.3 is 9.47 Å². The molecule has 1 saturated heterocycles. The lowest BCUT2D eigenvalue weighted by Crippen LogP contribution is -2.48. The number of thiophene rings is 1. The fourth-order valence-electron chi connectivity index (χ4n) is 3.00. The zero-order chi connectivity index (χ0) is 20.3. The molecule has 150 valence electrons. The number of nitrogens with zero attached hydrogens (tertiary/aromatic N) is 2. The third kappa shape index (κ3) is 3.87. The number of ether oxygens (including phenoxy) is 2. The van der Waals surface area contributed by atoms with Crippen LogP contribution in [-0.4, -0.2) is 57.6 Å². The maximum absolute atomic E-state index is 13.2. The van der Waals surface area contributed by atoms with E-state index in [2.05, 4.69) is 0 Å². The van der Waals surface area contributed by atoms with Gasteiger partial charge in [0.05, 0.1) is 18.7 Å². The van der Waals surface area contributed by atoms with E-state index in [0.29, 0.717) is 5.69 Å². The van der Waals surface area contributed by atoms with E-state index in [-0.39, 0.29) is 17.2 Å². The highest BCUT2D eigenvalue weighted by Gasteiger charge is 2.47. The first-order valence-corrected chi connectivity index (χ1v) is 10.7. The molecule has 0 bridgehead atoms. The molecule has 0 radical (unpaired) electrons. The van der Waals surface area contributed by atoms with Crippen LogP contribution in [0.25, 0.3) is 0 Å². The van der Waals surface area contributed by atoms with Gasteiger partial charge in [0.2, 0.25) is 5.91 Å². The lowest BCUT2D eigenvalue weighted by molar-refractivity contribution is -0.125. The highest BCUT2D eigenvalue weighted by atomic mass is 32.2. The van der Waals surface area contributed by atoms with Crippen molar-refractivity contribution in [2.45, 2.75) is 23.0 Å². The van der Waals surface area contributed by atoms with E-state index in [9.17, 15) is 18.0 Å². The number of anilines is 1. The predicted molar refractivity (Wildman–Crippen MR) is 103 cm³/mol. The fourth-order valence-corrected chi connectivity index (χ4v) is 5.69. The molecule has 2 amide bonds. The Morgan fingerprint density at radius 2 is 1.82 bits per heavy atom. The molecule has 1 atom stereocenters. The summed E-state index contributed by atoms with van der Waals surface area (Å²) >= 11 is 1.04. The average Bonchev–Trinajstić information content (AvgIpc) is 3.32. The molecule has 3 rings (SSSR count). The molecule has 8 nitrogen and oxygen atoms in total. The first-order chi connectivity index (χ1) is 13.4. The molecule has 2 heterocycles. The van der Waals surface area contributed by atoms with Gasteiger partial charge in [0.15, 0.2) is 6.29 Å². The van der Waals surface area contributed by atoms with Crippen molar-refractivity contribution in [2.24, 2.45) is 0 Å². The molecule has 10 heteroatoms. The lowest BCUT2D eigenvalue weighted by Gasteiger charge is -2.28. The summed E-state index contributed by atoms with van der Waals surface area (Å²) in [5, 5.41) is 1.63. The van der Waals surface area contributed by atoms with Crippen LogP contribution in [0.15, 0.2) is 52.1 Å². The van der Waals surface area contributed by atoms with Gasteiger partial charge in [-0.25, -0.2) is 13.3 Å². The summed E-state index contributed by atoms with van der Waals surface area (Å²) in [4.78, 5) is 26.6. The van der Waals surface area contributed by atoms with Gasteiger partial charge in [-0.3, -0.25) is 9.59 Å². The number of amides is 2. The molecule has 0 N–H and O–H groups in total. The van der Waals surface area contributed by atoms with Gasteiger partial charge in [-0.15, -0.1) is 11.3 Å². The summed E-state index contributed by atoms with van der Waals surface area (Å²) in [6.45, 7) is -0.223. The fraction of sp³-hybridized carbons (Fsp3) is 0.333. The number of rotatable bonds is 8. The smallest absolute Gasteiger partial charge is 0.253 e. The van der Waals surface area contributed by atoms with E-state index in [4.69, 9.17) is 9.47 Å². The first-order valence-electron chi connectivity index (χ1n) is 8.43. The minimum Gasteiger partial charge on any atom is -0.354 e. The van der Waals surface area contributed by atoms with E-state index in [1.165, 1.54) is 20.3 Å². The van der Waals surface area contributed by atoms with Crippen LogP contribution in [0.2, 0.25) is 0 Å². The molecule has 2 aromatic rings. The van der Waals surface area contributed by atoms with Gasteiger partial charge in [-0.2, -0.15) is 4.31 Å². The topological polar surface area (TPSA) is 93.2 Å². The van der Waals surface area contributed by atoms with Crippen LogP contribution in [0, 0.1) is 0 Å². The Bertz CT molecular complexity index is 926. The van der Waals surface area contributed by atoms with E-state index in [1.54, 1.807) is 41.8 Å². The quantitative estimate of drug-likeness (QED) is 0.473. The zero-order valence-electron chi connectivity index (χ0n) is 15.3. The summed E-state index contributed by atoms with van der Waals surface area (Å²) in [7, 11) is -1.27. The van der Waals surface area contributed by atoms with E-state index < -0.39 is 34.2 Å². The molecule has 0 spiro atoms. The summed E-state index contributed by atoms with van der Waals surface area (Å²) in [6.07, 6.45) is -1.14. The van der Waals surface area contributed by atoms with Crippen molar-refractivity contribution in [3.63, 3.8) is 0 Å². The molecular formula is C18H20N2O6S2. The second-order valence-corrected chi connectivity index (χ2v) is 9.10. The van der Waals surface area contributed by atoms with Crippen LogP contribution in [0.4, 0.5) is 5.69 Å². The normalized spacial score (nSPS) is 17.9. The average molecular weight is 425 g/mol. The summed E-state index contributed by atoms with van der Waals surface area (Å²) < 4.78 is 37.7. The highest BCUT2D eigenvalue weighted by molar-refractivity contribution is 7.91. The van der Waals surface area contributed by atoms with Gasteiger partial charge in [0.25, 0.3) is 15.9 Å². The first kappa shape index (κ1) is 20.6. The molecule has 1 aliphatic heterocycles. The number of hydrogen-bond acceptors (Lipinski definition) is 7. The van der Waals surface area contributed by atoms with Crippen LogP contribution < -0.4 is 4.90 Å². The molecule has 28 heavy (non-hydrogen) atoms. The van der Waals surface area contributed by atoms with E-state index in [1.807, 2.05) is 0 Å². The highest BCUT2D eigenvalue weighted by Crippen LogP contribution is 2.30. The summed E-state index contributed by atoms with van der Waals surface area (Å²) in [6, 6.07) is 10.3. The standard InChI is InChI=1S/C18H20N2O6S2/c1-25-16(26-2)12-19(28(23,24)17-9-6-10-27-17)14-11-15(21)20(18(14)22)13-7-4-3-5-8-13/h3-10,14,16H,11-12H2,1-2H3. The molecule has 1 unspecified atom stereocenters. The number of methoxy groups -OCH3 is 2. The van der Waals surface area contributed by atoms with E-state index in [0.717, 1.165) is 20.5 Å². The number of imide groups is 1. The predicted octanol–water partition coefficient (Wildman–Crippen LogP) is 1.69. The Hall–Kier alpha value is -2.11. The van der Waals surface area contributed by atoms with Crippen molar-refractivity contribution in [2.75, 3.05) is 25.7 Å². The van der Waals surface area contributed by atoms with Crippen molar-refractivity contribution >= 4 is 38.9 Å². The van der Waals surface area contributed by atoms with Gasteiger partial charge in [-0.05, 0) is 23.6 Å². The number of sulfonamides is 1. The third-order valence-electron chi connectivity index (χ3n) is 4.40. The van der Waals surface area contributed by atoms with Gasteiger partial charge in [0, 0.05) is 14.2 Å². The second-order valence-electron chi connectivity index (χ2n) is 6.03. The number of hydrogen-bond donors (Lipinski definition) is 0. The van der Waals surface area contributed by atoms with Crippen LogP contribution in [0.5, 0.6) is 0 Å². The number of benzene rings is 1. The van der Waals surface area contributed by atoms with Crippen LogP contribution >= 0.6 is 11.3 Å². The third-order valence-corrected chi connectivity index (χ3v) is 7.65. The Morgan fingerprint density at radius 1 is 1.14 bits per heavy atom. The van der Waals surface area contributed by atoms with Gasteiger partial charge in [-0.1, -0.05) is 24.3 Å². The minimum atomic E-state index is -4.03. The molecule has 1 aromatic heterocycles. The summed E-state index contributed by atoms with van der Waals surface area (Å²) in [5.74, 6) is -1.05. The van der Waals surface area contributed by atoms with Crippen LogP contribution in [0.3, 0.4) is 0 Å². The molecule has 0 saturated carbocycles. The zero-order valence-corrected chi connectivity index (χ0v) is 17.0. The summed E-state index contributed by atoms with van der Waals surface area (Å²) in [5.41, 5.74) is 0.406. The van der Waals surface area contributed by atoms with Crippen molar-refractivity contribution in [1.29, 1.82) is 0 Å². The molecule has 1 aliphatic rings. The molecule has 1 fully saturated rings. The minimum absolute atomic E-state index is 0.0804. The maximum atomic E-state index is 13.2. The monoisotopic (exact) mass is 424 g/mol. The van der Waals surface area contributed by atoms with Crippen molar-refractivity contribution in [3.05, 3.63) is 47.8 Å². The van der Waals surface area contributed by atoms with Crippen molar-refractivity contribution in [1.82, 2.24) is 4.31 Å². The number of carbonyl (C=O) groups is 2. The largest absolute Gasteiger partial charge is 0.354 e. The molecular weight excluding hydrogens is 404 g/mol. The van der Waals surface area contributed by atoms with Crippen LogP contribution in [-0.2, 0) is 29.1 Å². The lowest BCUT2D eigenvalue weighted by atomic mass is 10.2. The van der Waals surface area contributed by atoms with Crippen LogP contribution in [0.1, 0.15) is 6.42 Å². The Balaban J connectivity index is 1.99. The maximum Gasteiger partial charge on any atom is 0.253 e. The Morgan fingerprint density at radius 3 is 2.39 bits per heavy atom. The molecule has 1 aromatic carbocycles. The second kappa shape index (κ2) is 8.50. The Kier molecular flexibility index (Phi) is 6.26. The van der Waals surface area contributed by atoms with Gasteiger partial charge >= 0.3 is 0 Å². The SMILES string of the molecule is COC(CN(C1CC(=O)N(c2ccccc2)C1=O)S(=O)(=O)c1cccs1)OC. The van der Waals surface area contributed by atoms with E-state index >= 15 is 0 Å². The molecule has 0 aliphatic carbocycles. The van der Waals surface area contributed by atoms with Crippen molar-refractivity contribution in [3.8, 4) is 0 Å². The Labute approximate surface area is 167 Å². The van der Waals surface area contributed by atoms with Gasteiger partial charge in [0.1, 0.15) is 10.3 Å².